The van der Waals surface area contributed by atoms with E-state index in [0.29, 0.717) is 11.5 Å². The van der Waals surface area contributed by atoms with Gasteiger partial charge in [0.1, 0.15) is 12.4 Å². The summed E-state index contributed by atoms with van der Waals surface area (Å²) in [5.41, 5.74) is 1.19. The maximum Gasteiger partial charge on any atom is 0.162 e. The van der Waals surface area contributed by atoms with Crippen LogP contribution in [0.1, 0.15) is 5.56 Å². The van der Waals surface area contributed by atoms with Crippen LogP contribution >= 0.6 is 0 Å². The summed E-state index contributed by atoms with van der Waals surface area (Å²) in [7, 11) is 1.63. The fourth-order valence-electron chi connectivity index (χ4n) is 2.99. The number of nitrogens with zero attached hydrogens (tertiary/aromatic N) is 3. The fraction of sp³-hybridized carbons (Fsp3) is 0.350. The van der Waals surface area contributed by atoms with E-state index >= 15 is 0 Å². The number of pyridine rings is 1. The Bertz CT molecular complexity index is 719. The van der Waals surface area contributed by atoms with Gasteiger partial charge in [-0.25, -0.2) is 4.98 Å². The lowest BCUT2D eigenvalue weighted by Crippen LogP contribution is -2.46. The summed E-state index contributed by atoms with van der Waals surface area (Å²) in [5, 5.41) is 0. The molecule has 2 aromatic rings. The van der Waals surface area contributed by atoms with Crippen molar-refractivity contribution in [3.05, 3.63) is 48.2 Å². The van der Waals surface area contributed by atoms with E-state index in [4.69, 9.17) is 15.9 Å². The van der Waals surface area contributed by atoms with E-state index in [1.807, 2.05) is 30.5 Å². The Hall–Kier alpha value is -2.71. The van der Waals surface area contributed by atoms with Gasteiger partial charge in [-0.2, -0.15) is 0 Å². The lowest BCUT2D eigenvalue weighted by Gasteiger charge is -2.35. The number of methoxy groups -OCH3 is 1. The Labute approximate surface area is 149 Å². The zero-order valence-electron chi connectivity index (χ0n) is 14.5. The van der Waals surface area contributed by atoms with E-state index < -0.39 is 0 Å². The third-order valence-corrected chi connectivity index (χ3v) is 4.29. The number of anilines is 1. The monoisotopic (exact) mass is 337 g/mol. The zero-order chi connectivity index (χ0) is 17.5. The molecule has 0 N–H and O–H groups in total. The Morgan fingerprint density at radius 2 is 1.96 bits per heavy atom. The topological polar surface area (TPSA) is 37.8 Å². The summed E-state index contributed by atoms with van der Waals surface area (Å²) in [4.78, 5) is 9.19. The van der Waals surface area contributed by atoms with Crippen molar-refractivity contribution in [2.45, 2.75) is 6.54 Å². The maximum atomic E-state index is 5.59. The molecule has 0 radical (unpaired) electrons. The molecular weight excluding hydrogens is 314 g/mol. The van der Waals surface area contributed by atoms with Gasteiger partial charge in [-0.3, -0.25) is 4.90 Å². The highest BCUT2D eigenvalue weighted by atomic mass is 16.5. The molecule has 5 nitrogen and oxygen atoms in total. The van der Waals surface area contributed by atoms with Gasteiger partial charge in [0.15, 0.2) is 11.5 Å². The first kappa shape index (κ1) is 17.1. The second-order valence-corrected chi connectivity index (χ2v) is 5.93. The summed E-state index contributed by atoms with van der Waals surface area (Å²) >= 11 is 0. The first-order valence-corrected chi connectivity index (χ1v) is 8.41. The van der Waals surface area contributed by atoms with E-state index in [1.165, 1.54) is 5.56 Å². The SMILES string of the molecule is C#CCOc1cc(CN2CCN(c3ccccn3)CC2)ccc1OC. The van der Waals surface area contributed by atoms with Crippen LogP contribution < -0.4 is 14.4 Å². The average molecular weight is 337 g/mol. The maximum absolute atomic E-state index is 5.59. The summed E-state index contributed by atoms with van der Waals surface area (Å²) in [6.07, 6.45) is 7.13. The molecule has 1 saturated heterocycles. The number of terminal acetylenes is 1. The molecule has 2 heterocycles. The molecule has 1 aromatic heterocycles. The highest BCUT2D eigenvalue weighted by Crippen LogP contribution is 2.28. The Morgan fingerprint density at radius 3 is 2.64 bits per heavy atom. The van der Waals surface area contributed by atoms with Crippen molar-refractivity contribution in [3.8, 4) is 23.8 Å². The van der Waals surface area contributed by atoms with E-state index in [1.54, 1.807) is 7.11 Å². The van der Waals surface area contributed by atoms with Gasteiger partial charge in [0.2, 0.25) is 0 Å². The Kier molecular flexibility index (Phi) is 5.76. The summed E-state index contributed by atoms with van der Waals surface area (Å²) in [6, 6.07) is 12.1. The van der Waals surface area contributed by atoms with Crippen molar-refractivity contribution < 1.29 is 9.47 Å². The molecule has 0 unspecified atom stereocenters. The van der Waals surface area contributed by atoms with E-state index in [9.17, 15) is 0 Å². The van der Waals surface area contributed by atoms with E-state index in [-0.39, 0.29) is 6.61 Å². The van der Waals surface area contributed by atoms with Gasteiger partial charge in [0.25, 0.3) is 0 Å². The lowest BCUT2D eigenvalue weighted by molar-refractivity contribution is 0.248. The van der Waals surface area contributed by atoms with Crippen LogP contribution in [0, 0.1) is 12.3 Å². The Balaban J connectivity index is 1.59. The van der Waals surface area contributed by atoms with Crippen LogP contribution in [-0.2, 0) is 6.54 Å². The van der Waals surface area contributed by atoms with Gasteiger partial charge in [0.05, 0.1) is 7.11 Å². The van der Waals surface area contributed by atoms with Crippen LogP contribution in [0.3, 0.4) is 0 Å². The number of piperazine rings is 1. The third-order valence-electron chi connectivity index (χ3n) is 4.29. The molecule has 1 aliphatic heterocycles. The van der Waals surface area contributed by atoms with Crippen molar-refractivity contribution in [2.24, 2.45) is 0 Å². The molecule has 1 aliphatic rings. The van der Waals surface area contributed by atoms with Gasteiger partial charge in [0, 0.05) is 38.9 Å². The highest BCUT2D eigenvalue weighted by Gasteiger charge is 2.18. The number of aromatic nitrogens is 1. The first-order chi connectivity index (χ1) is 12.3. The van der Waals surface area contributed by atoms with E-state index in [2.05, 4.69) is 32.8 Å². The molecule has 1 aromatic carbocycles. The number of hydrogen-bond donors (Lipinski definition) is 0. The second kappa shape index (κ2) is 8.41. The fourth-order valence-corrected chi connectivity index (χ4v) is 2.99. The van der Waals surface area contributed by atoms with Crippen molar-refractivity contribution in [1.29, 1.82) is 0 Å². The smallest absolute Gasteiger partial charge is 0.162 e. The van der Waals surface area contributed by atoms with E-state index in [0.717, 1.165) is 38.5 Å². The normalized spacial score (nSPS) is 14.8. The molecule has 25 heavy (non-hydrogen) atoms. The second-order valence-electron chi connectivity index (χ2n) is 5.93. The number of hydrogen-bond acceptors (Lipinski definition) is 5. The molecule has 0 saturated carbocycles. The van der Waals surface area contributed by atoms with Crippen LogP contribution in [0.25, 0.3) is 0 Å². The van der Waals surface area contributed by atoms with Gasteiger partial charge >= 0.3 is 0 Å². The molecule has 0 aliphatic carbocycles. The predicted octanol–water partition coefficient (Wildman–Crippen LogP) is 2.42. The van der Waals surface area contributed by atoms with Crippen molar-refractivity contribution in [2.75, 3.05) is 44.8 Å². The molecule has 0 bridgehead atoms. The zero-order valence-corrected chi connectivity index (χ0v) is 14.5. The summed E-state index contributed by atoms with van der Waals surface area (Å²) < 4.78 is 10.9. The molecule has 5 heteroatoms. The largest absolute Gasteiger partial charge is 0.493 e. The molecule has 0 atom stereocenters. The predicted molar refractivity (Wildman–Crippen MR) is 99.0 cm³/mol. The Morgan fingerprint density at radius 1 is 1.12 bits per heavy atom. The quantitative estimate of drug-likeness (QED) is 0.757. The van der Waals surface area contributed by atoms with Crippen LogP contribution in [0.4, 0.5) is 5.82 Å². The number of benzene rings is 1. The summed E-state index contributed by atoms with van der Waals surface area (Å²) in [6.45, 7) is 5.09. The molecule has 0 amide bonds. The van der Waals surface area contributed by atoms with Crippen LogP contribution in [-0.4, -0.2) is 49.8 Å². The molecule has 1 fully saturated rings. The minimum absolute atomic E-state index is 0.239. The molecule has 3 rings (SSSR count). The lowest BCUT2D eigenvalue weighted by atomic mass is 10.1. The average Bonchev–Trinajstić information content (AvgIpc) is 2.68. The minimum atomic E-state index is 0.239. The third kappa shape index (κ3) is 4.43. The standard InChI is InChI=1S/C20H23N3O2/c1-3-14-25-19-15-17(7-8-18(19)24-2)16-22-10-12-23(13-11-22)20-6-4-5-9-21-20/h1,4-9,15H,10-14,16H2,2H3. The van der Waals surface area contributed by atoms with Gasteiger partial charge in [-0.05, 0) is 29.8 Å². The van der Waals surface area contributed by atoms with Crippen LogP contribution in [0.2, 0.25) is 0 Å². The van der Waals surface area contributed by atoms with Crippen molar-refractivity contribution in [1.82, 2.24) is 9.88 Å². The first-order valence-electron chi connectivity index (χ1n) is 8.41. The van der Waals surface area contributed by atoms with Gasteiger partial charge in [-0.1, -0.05) is 18.1 Å². The molecular formula is C20H23N3O2. The highest BCUT2D eigenvalue weighted by molar-refractivity contribution is 5.43. The van der Waals surface area contributed by atoms with Gasteiger partial charge < -0.3 is 14.4 Å². The van der Waals surface area contributed by atoms with Crippen LogP contribution in [0.5, 0.6) is 11.5 Å². The molecule has 0 spiro atoms. The number of rotatable bonds is 6. The molecule has 130 valence electrons. The number of ether oxygens (including phenoxy) is 2. The summed E-state index contributed by atoms with van der Waals surface area (Å²) in [5.74, 6) is 4.95. The van der Waals surface area contributed by atoms with Crippen molar-refractivity contribution in [3.63, 3.8) is 0 Å². The van der Waals surface area contributed by atoms with Crippen molar-refractivity contribution >= 4 is 5.82 Å². The van der Waals surface area contributed by atoms with Gasteiger partial charge in [-0.15, -0.1) is 6.42 Å². The minimum Gasteiger partial charge on any atom is -0.493 e. The van der Waals surface area contributed by atoms with Crippen LogP contribution in [0.15, 0.2) is 42.6 Å².